The minimum absolute atomic E-state index is 0.166. The van der Waals surface area contributed by atoms with Crippen molar-refractivity contribution in [3.05, 3.63) is 28.8 Å². The lowest BCUT2D eigenvalue weighted by Crippen LogP contribution is -1.96. The largest absolute Gasteiger partial charge is 0.396 e. The minimum Gasteiger partial charge on any atom is -0.396 e. The predicted octanol–water partition coefficient (Wildman–Crippen LogP) is 1.88. The Balaban J connectivity index is 2.73. The molecule has 0 bridgehead atoms. The molecule has 0 unspecified atom stereocenters. The van der Waals surface area contributed by atoms with E-state index in [1.165, 1.54) is 0 Å². The molecule has 72 valence electrons. The first-order valence-electron chi connectivity index (χ1n) is 4.00. The van der Waals surface area contributed by atoms with Gasteiger partial charge in [-0.2, -0.15) is 0 Å². The number of aliphatic hydroxyl groups excluding tert-OH is 1. The summed E-state index contributed by atoms with van der Waals surface area (Å²) in [5.41, 5.74) is 6.49. The second-order valence-electron chi connectivity index (χ2n) is 2.54. The summed E-state index contributed by atoms with van der Waals surface area (Å²) in [5.74, 6) is 0.668. The fourth-order valence-electron chi connectivity index (χ4n) is 0.944. The molecular weight excluding hydrogens is 206 g/mol. The third kappa shape index (κ3) is 3.19. The third-order valence-electron chi connectivity index (χ3n) is 1.58. The van der Waals surface area contributed by atoms with Crippen LogP contribution in [0.4, 0.5) is 0 Å². The standard InChI is InChI=1S/C9H12ClNOS/c10-8-5-7(6-11)1-2-9(8)13-4-3-12/h1-2,5,12H,3-4,6,11H2. The Morgan fingerprint density at radius 1 is 1.46 bits per heavy atom. The number of benzene rings is 1. The Kier molecular flexibility index (Phi) is 4.59. The van der Waals surface area contributed by atoms with Crippen molar-refractivity contribution in [2.24, 2.45) is 5.73 Å². The molecule has 0 fully saturated rings. The second-order valence-corrected chi connectivity index (χ2v) is 4.08. The maximum Gasteiger partial charge on any atom is 0.0545 e. The fourth-order valence-corrected chi connectivity index (χ4v) is 1.98. The zero-order valence-electron chi connectivity index (χ0n) is 7.16. The molecule has 0 aliphatic rings. The number of nitrogens with two attached hydrogens (primary N) is 1. The van der Waals surface area contributed by atoms with E-state index in [1.54, 1.807) is 11.8 Å². The average Bonchev–Trinajstić information content (AvgIpc) is 2.16. The molecule has 0 amide bonds. The topological polar surface area (TPSA) is 46.2 Å². The maximum atomic E-state index is 8.64. The number of rotatable bonds is 4. The van der Waals surface area contributed by atoms with Crippen LogP contribution in [0.3, 0.4) is 0 Å². The van der Waals surface area contributed by atoms with E-state index in [9.17, 15) is 0 Å². The fraction of sp³-hybridized carbons (Fsp3) is 0.333. The lowest BCUT2D eigenvalue weighted by atomic mass is 10.2. The zero-order valence-corrected chi connectivity index (χ0v) is 8.74. The summed E-state index contributed by atoms with van der Waals surface area (Å²) in [7, 11) is 0. The van der Waals surface area contributed by atoms with E-state index >= 15 is 0 Å². The van der Waals surface area contributed by atoms with Crippen LogP contribution in [-0.4, -0.2) is 17.5 Å². The summed E-state index contributed by atoms with van der Waals surface area (Å²) in [6.07, 6.45) is 0. The van der Waals surface area contributed by atoms with Crippen LogP contribution in [0, 0.1) is 0 Å². The molecule has 4 heteroatoms. The van der Waals surface area contributed by atoms with Crippen LogP contribution in [0.2, 0.25) is 5.02 Å². The molecule has 13 heavy (non-hydrogen) atoms. The predicted molar refractivity (Wildman–Crippen MR) is 57.2 cm³/mol. The molecule has 3 N–H and O–H groups in total. The van der Waals surface area contributed by atoms with E-state index in [4.69, 9.17) is 22.4 Å². The first-order valence-corrected chi connectivity index (χ1v) is 5.36. The molecule has 1 aromatic rings. The number of aliphatic hydroxyl groups is 1. The maximum absolute atomic E-state index is 8.64. The Labute approximate surface area is 87.1 Å². The lowest BCUT2D eigenvalue weighted by Gasteiger charge is -2.04. The summed E-state index contributed by atoms with van der Waals surface area (Å²) in [4.78, 5) is 0.993. The Bertz CT molecular complexity index is 280. The van der Waals surface area contributed by atoms with Crippen molar-refractivity contribution in [3.63, 3.8) is 0 Å². The molecule has 0 saturated carbocycles. The highest BCUT2D eigenvalue weighted by Gasteiger charge is 2.01. The monoisotopic (exact) mass is 217 g/mol. The molecule has 0 spiro atoms. The van der Waals surface area contributed by atoms with Crippen molar-refractivity contribution < 1.29 is 5.11 Å². The second kappa shape index (κ2) is 5.50. The van der Waals surface area contributed by atoms with E-state index in [0.717, 1.165) is 10.5 Å². The molecule has 0 aliphatic carbocycles. The third-order valence-corrected chi connectivity index (χ3v) is 3.06. The van der Waals surface area contributed by atoms with Gasteiger partial charge >= 0.3 is 0 Å². The number of hydrogen-bond acceptors (Lipinski definition) is 3. The Hall–Kier alpha value is -0.220. The van der Waals surface area contributed by atoms with Gasteiger partial charge < -0.3 is 10.8 Å². The first kappa shape index (κ1) is 10.9. The molecule has 0 atom stereocenters. The highest BCUT2D eigenvalue weighted by molar-refractivity contribution is 7.99. The minimum atomic E-state index is 0.166. The van der Waals surface area contributed by atoms with Gasteiger partial charge in [-0.25, -0.2) is 0 Å². The van der Waals surface area contributed by atoms with Gasteiger partial charge in [0.05, 0.1) is 11.6 Å². The van der Waals surface area contributed by atoms with Crippen molar-refractivity contribution in [3.8, 4) is 0 Å². The summed E-state index contributed by atoms with van der Waals surface area (Å²) in [6, 6.07) is 5.75. The van der Waals surface area contributed by atoms with Gasteiger partial charge in [-0.3, -0.25) is 0 Å². The van der Waals surface area contributed by atoms with E-state index in [-0.39, 0.29) is 6.61 Å². The van der Waals surface area contributed by atoms with Gasteiger partial charge in [0, 0.05) is 17.2 Å². The summed E-state index contributed by atoms with van der Waals surface area (Å²) < 4.78 is 0. The van der Waals surface area contributed by atoms with Gasteiger partial charge in [-0.05, 0) is 17.7 Å². The average molecular weight is 218 g/mol. The first-order chi connectivity index (χ1) is 6.27. The van der Waals surface area contributed by atoms with E-state index < -0.39 is 0 Å². The van der Waals surface area contributed by atoms with Crippen LogP contribution in [0.25, 0.3) is 0 Å². The molecule has 1 aromatic carbocycles. The van der Waals surface area contributed by atoms with Crippen LogP contribution >= 0.6 is 23.4 Å². The molecule has 1 rings (SSSR count). The number of thioether (sulfide) groups is 1. The molecule has 0 saturated heterocycles. The van der Waals surface area contributed by atoms with Gasteiger partial charge in [-0.15, -0.1) is 11.8 Å². The smallest absolute Gasteiger partial charge is 0.0545 e. The molecule has 0 heterocycles. The van der Waals surface area contributed by atoms with Crippen LogP contribution in [-0.2, 0) is 6.54 Å². The van der Waals surface area contributed by atoms with Crippen LogP contribution in [0.15, 0.2) is 23.1 Å². The molecule has 0 radical (unpaired) electrons. The van der Waals surface area contributed by atoms with Crippen LogP contribution in [0.1, 0.15) is 5.56 Å². The normalized spacial score (nSPS) is 10.4. The van der Waals surface area contributed by atoms with Gasteiger partial charge in [-0.1, -0.05) is 17.7 Å². The van der Waals surface area contributed by atoms with Crippen LogP contribution < -0.4 is 5.73 Å². The van der Waals surface area contributed by atoms with Gasteiger partial charge in [0.15, 0.2) is 0 Å². The van der Waals surface area contributed by atoms with E-state index in [1.807, 2.05) is 18.2 Å². The van der Waals surface area contributed by atoms with Gasteiger partial charge in [0.2, 0.25) is 0 Å². The summed E-state index contributed by atoms with van der Waals surface area (Å²) >= 11 is 7.53. The van der Waals surface area contributed by atoms with Crippen molar-refractivity contribution >= 4 is 23.4 Å². The van der Waals surface area contributed by atoms with Crippen molar-refractivity contribution in [2.45, 2.75) is 11.4 Å². The zero-order chi connectivity index (χ0) is 9.68. The molecule has 0 aliphatic heterocycles. The summed E-state index contributed by atoms with van der Waals surface area (Å²) in [6.45, 7) is 0.671. The van der Waals surface area contributed by atoms with Gasteiger partial charge in [0.1, 0.15) is 0 Å². The quantitative estimate of drug-likeness (QED) is 0.758. The van der Waals surface area contributed by atoms with Crippen molar-refractivity contribution in [1.29, 1.82) is 0 Å². The highest BCUT2D eigenvalue weighted by atomic mass is 35.5. The van der Waals surface area contributed by atoms with Crippen molar-refractivity contribution in [2.75, 3.05) is 12.4 Å². The van der Waals surface area contributed by atoms with E-state index in [0.29, 0.717) is 17.3 Å². The number of halogens is 1. The van der Waals surface area contributed by atoms with Crippen molar-refractivity contribution in [1.82, 2.24) is 0 Å². The summed E-state index contributed by atoms with van der Waals surface area (Å²) in [5, 5.41) is 9.34. The lowest BCUT2D eigenvalue weighted by molar-refractivity contribution is 0.322. The molecule has 0 aromatic heterocycles. The Morgan fingerprint density at radius 3 is 2.77 bits per heavy atom. The molecular formula is C9H12ClNOS. The van der Waals surface area contributed by atoms with Gasteiger partial charge in [0.25, 0.3) is 0 Å². The SMILES string of the molecule is NCc1ccc(SCCO)c(Cl)c1. The van der Waals surface area contributed by atoms with E-state index in [2.05, 4.69) is 0 Å². The molecule has 2 nitrogen and oxygen atoms in total. The Morgan fingerprint density at radius 2 is 2.23 bits per heavy atom. The van der Waals surface area contributed by atoms with Crippen LogP contribution in [0.5, 0.6) is 0 Å². The highest BCUT2D eigenvalue weighted by Crippen LogP contribution is 2.27. The number of hydrogen-bond donors (Lipinski definition) is 2.